The van der Waals surface area contributed by atoms with Crippen molar-refractivity contribution < 1.29 is 27.9 Å². The first-order valence-electron chi connectivity index (χ1n) is 4.10. The molecular weight excluding hydrogens is 323 g/mol. The fourth-order valence-corrected chi connectivity index (χ4v) is 0.984. The van der Waals surface area contributed by atoms with Gasteiger partial charge in [-0.1, -0.05) is 0 Å². The summed E-state index contributed by atoms with van der Waals surface area (Å²) in [7, 11) is 0. The molecule has 10 heteroatoms. The van der Waals surface area contributed by atoms with Gasteiger partial charge in [0.2, 0.25) is 0 Å². The van der Waals surface area contributed by atoms with Crippen molar-refractivity contribution in [3.63, 3.8) is 0 Å². The van der Waals surface area contributed by atoms with Gasteiger partial charge >= 0.3 is 12.1 Å². The minimum Gasteiger partial charge on any atom is -0.475 e. The molecule has 0 saturated heterocycles. The molecule has 0 spiro atoms. The van der Waals surface area contributed by atoms with Crippen LogP contribution in [0.4, 0.5) is 13.2 Å². The Kier molecular flexibility index (Phi) is 6.27. The second-order valence-electron chi connectivity index (χ2n) is 2.67. The number of nitrogens with one attached hydrogen (secondary N) is 1. The van der Waals surface area contributed by atoms with Gasteiger partial charge in [0.05, 0.1) is 5.56 Å². The van der Waals surface area contributed by atoms with Crippen LogP contribution in [0.1, 0.15) is 10.4 Å². The van der Waals surface area contributed by atoms with Crippen LogP contribution in [0.5, 0.6) is 0 Å². The third-order valence-electron chi connectivity index (χ3n) is 1.34. The number of hydrogen-bond donors (Lipinski definition) is 3. The fraction of sp³-hybridized carbons (Fsp3) is 0.125. The molecule has 0 aliphatic rings. The van der Waals surface area contributed by atoms with E-state index in [-0.39, 0.29) is 5.91 Å². The maximum absolute atomic E-state index is 10.9. The van der Waals surface area contributed by atoms with Crippen LogP contribution in [0.2, 0.25) is 0 Å². The van der Waals surface area contributed by atoms with Crippen molar-refractivity contribution in [2.75, 3.05) is 0 Å². The molecule has 1 amide bonds. The normalized spacial score (nSPS) is 10.1. The molecule has 0 unspecified atom stereocenters. The minimum atomic E-state index is -5.08. The number of aliphatic carboxylic acids is 1. The van der Waals surface area contributed by atoms with Gasteiger partial charge in [-0.15, -0.1) is 0 Å². The van der Waals surface area contributed by atoms with Gasteiger partial charge in [-0.25, -0.2) is 10.6 Å². The number of carboxylic acids is 1. The average Bonchev–Trinajstić information content (AvgIpc) is 2.27. The average molecular weight is 330 g/mol. The molecule has 1 aromatic rings. The van der Waals surface area contributed by atoms with E-state index in [1.54, 1.807) is 12.3 Å². The second-order valence-corrected chi connectivity index (χ2v) is 3.58. The Morgan fingerprint density at radius 2 is 1.89 bits per heavy atom. The van der Waals surface area contributed by atoms with E-state index in [0.29, 0.717) is 5.56 Å². The maximum Gasteiger partial charge on any atom is 0.490 e. The van der Waals surface area contributed by atoms with E-state index in [1.807, 2.05) is 5.43 Å². The summed E-state index contributed by atoms with van der Waals surface area (Å²) in [5.41, 5.74) is 2.44. The van der Waals surface area contributed by atoms with Crippen molar-refractivity contribution in [3.05, 3.63) is 28.5 Å². The summed E-state index contributed by atoms with van der Waals surface area (Å²) in [5.74, 6) is 1.81. The number of carboxylic acid groups (broad SMARTS) is 1. The van der Waals surface area contributed by atoms with Gasteiger partial charge in [-0.2, -0.15) is 13.2 Å². The minimum absolute atomic E-state index is 0.348. The van der Waals surface area contributed by atoms with E-state index in [2.05, 4.69) is 20.9 Å². The molecule has 1 heterocycles. The molecule has 18 heavy (non-hydrogen) atoms. The van der Waals surface area contributed by atoms with E-state index >= 15 is 0 Å². The third-order valence-corrected chi connectivity index (χ3v) is 1.77. The summed E-state index contributed by atoms with van der Waals surface area (Å²) >= 11 is 3.18. The van der Waals surface area contributed by atoms with Gasteiger partial charge in [0, 0.05) is 16.9 Å². The standard InChI is InChI=1S/C6H6BrN3O.C2HF3O2/c7-5-1-4(2-9-3-5)6(11)10-8;3-2(4,5)1(6)7/h1-3H,8H2,(H,10,11);(H,6,7). The zero-order valence-corrected chi connectivity index (χ0v) is 10.1. The highest BCUT2D eigenvalue weighted by molar-refractivity contribution is 9.10. The highest BCUT2D eigenvalue weighted by atomic mass is 79.9. The van der Waals surface area contributed by atoms with Crippen LogP contribution in [-0.2, 0) is 4.79 Å². The van der Waals surface area contributed by atoms with E-state index in [9.17, 15) is 18.0 Å². The van der Waals surface area contributed by atoms with E-state index in [1.165, 1.54) is 6.20 Å². The lowest BCUT2D eigenvalue weighted by Crippen LogP contribution is -2.30. The second kappa shape index (κ2) is 6.91. The van der Waals surface area contributed by atoms with Crippen LogP contribution in [0.15, 0.2) is 22.9 Å². The zero-order chi connectivity index (χ0) is 14.3. The van der Waals surface area contributed by atoms with Crippen molar-refractivity contribution in [3.8, 4) is 0 Å². The van der Waals surface area contributed by atoms with Crippen molar-refractivity contribution in [1.29, 1.82) is 0 Å². The number of amides is 1. The summed E-state index contributed by atoms with van der Waals surface area (Å²) in [6.45, 7) is 0. The lowest BCUT2D eigenvalue weighted by Gasteiger charge is -1.97. The van der Waals surface area contributed by atoms with Crippen LogP contribution in [0.25, 0.3) is 0 Å². The summed E-state index contributed by atoms with van der Waals surface area (Å²) in [6.07, 6.45) is -2.06. The van der Waals surface area contributed by atoms with Crippen molar-refractivity contribution in [2.24, 2.45) is 5.84 Å². The predicted octanol–water partition coefficient (Wildman–Crippen LogP) is 1.08. The number of hydrazine groups is 1. The first kappa shape index (κ1) is 16.3. The third kappa shape index (κ3) is 6.15. The van der Waals surface area contributed by atoms with Crippen molar-refractivity contribution in [1.82, 2.24) is 10.4 Å². The highest BCUT2D eigenvalue weighted by Crippen LogP contribution is 2.13. The quantitative estimate of drug-likeness (QED) is 0.406. The number of carbonyl (C=O) groups excluding carboxylic acids is 1. The highest BCUT2D eigenvalue weighted by Gasteiger charge is 2.38. The lowest BCUT2D eigenvalue weighted by molar-refractivity contribution is -0.192. The molecule has 0 atom stereocenters. The fourth-order valence-electron chi connectivity index (χ4n) is 0.619. The van der Waals surface area contributed by atoms with Gasteiger partial charge < -0.3 is 5.11 Å². The van der Waals surface area contributed by atoms with E-state index in [0.717, 1.165) is 4.47 Å². The van der Waals surface area contributed by atoms with Gasteiger partial charge in [-0.3, -0.25) is 15.2 Å². The molecule has 4 N–H and O–H groups in total. The first-order valence-corrected chi connectivity index (χ1v) is 4.89. The van der Waals surface area contributed by atoms with E-state index < -0.39 is 12.1 Å². The number of aromatic nitrogens is 1. The lowest BCUT2D eigenvalue weighted by atomic mass is 10.3. The molecule has 0 bridgehead atoms. The maximum atomic E-state index is 10.9. The molecule has 6 nitrogen and oxygen atoms in total. The van der Waals surface area contributed by atoms with Crippen LogP contribution < -0.4 is 11.3 Å². The number of nitrogens with zero attached hydrogens (tertiary/aromatic N) is 1. The summed E-state index contributed by atoms with van der Waals surface area (Å²) in [5, 5.41) is 7.12. The molecule has 100 valence electrons. The number of pyridine rings is 1. The number of nitrogens with two attached hydrogens (primary N) is 1. The van der Waals surface area contributed by atoms with Crippen molar-refractivity contribution in [2.45, 2.75) is 6.18 Å². The Bertz CT molecular complexity index is 439. The molecule has 0 aliphatic heterocycles. The number of alkyl halides is 3. The molecule has 0 radical (unpaired) electrons. The van der Waals surface area contributed by atoms with Gasteiger partial charge in [0.15, 0.2) is 0 Å². The van der Waals surface area contributed by atoms with Gasteiger partial charge in [0.1, 0.15) is 0 Å². The molecule has 0 aromatic carbocycles. The Morgan fingerprint density at radius 1 is 1.39 bits per heavy atom. The van der Waals surface area contributed by atoms with Crippen LogP contribution in [0.3, 0.4) is 0 Å². The molecule has 1 aromatic heterocycles. The molecule has 0 aliphatic carbocycles. The summed E-state index contributed by atoms with van der Waals surface area (Å²) in [4.78, 5) is 23.6. The molecular formula is C8H7BrF3N3O3. The SMILES string of the molecule is NNC(=O)c1cncc(Br)c1.O=C(O)C(F)(F)F. The van der Waals surface area contributed by atoms with Gasteiger partial charge in [0.25, 0.3) is 5.91 Å². The Labute approximate surface area is 107 Å². The number of carbonyl (C=O) groups is 2. The molecule has 1 rings (SSSR count). The van der Waals surface area contributed by atoms with Crippen molar-refractivity contribution >= 4 is 27.8 Å². The Balaban J connectivity index is 0.000000360. The van der Waals surface area contributed by atoms with Crippen LogP contribution in [-0.4, -0.2) is 28.1 Å². The molecule has 0 saturated carbocycles. The topological polar surface area (TPSA) is 105 Å². The zero-order valence-electron chi connectivity index (χ0n) is 8.53. The van der Waals surface area contributed by atoms with E-state index in [4.69, 9.17) is 15.7 Å². The number of rotatable bonds is 1. The molecule has 0 fully saturated rings. The largest absolute Gasteiger partial charge is 0.490 e. The Hall–Kier alpha value is -1.68. The number of hydrogen-bond acceptors (Lipinski definition) is 4. The smallest absolute Gasteiger partial charge is 0.475 e. The number of halogens is 4. The Morgan fingerprint density at radius 3 is 2.22 bits per heavy atom. The summed E-state index contributed by atoms with van der Waals surface area (Å²) in [6, 6.07) is 1.63. The predicted molar refractivity (Wildman–Crippen MR) is 57.3 cm³/mol. The first-order chi connectivity index (χ1) is 8.18. The van der Waals surface area contributed by atoms with Gasteiger partial charge in [-0.05, 0) is 22.0 Å². The van der Waals surface area contributed by atoms with Crippen LogP contribution >= 0.6 is 15.9 Å². The van der Waals surface area contributed by atoms with Crippen LogP contribution in [0, 0.1) is 0 Å². The summed E-state index contributed by atoms with van der Waals surface area (Å²) < 4.78 is 32.5. The monoisotopic (exact) mass is 329 g/mol. The number of nitrogen functional groups attached to an aromatic ring is 1.